The van der Waals surface area contributed by atoms with Gasteiger partial charge in [0.1, 0.15) is 12.3 Å². The zero-order valence-electron chi connectivity index (χ0n) is 19.9. The molecule has 1 atom stereocenters. The largest absolute Gasteiger partial charge is 0.497 e. The van der Waals surface area contributed by atoms with Crippen molar-refractivity contribution in [2.45, 2.75) is 31.7 Å². The molecule has 0 fully saturated rings. The SMILES string of the molecule is COc1ccc(N(CC(=O)N[C@H](C)c2ccc(C)cc2)S(=O)(=O)c2ccc(C)c([N+](=O)[O-])c2)cc1. The van der Waals surface area contributed by atoms with Crippen LogP contribution >= 0.6 is 0 Å². The first kappa shape index (κ1) is 25.7. The second-order valence-corrected chi connectivity index (χ2v) is 9.98. The highest BCUT2D eigenvalue weighted by Gasteiger charge is 2.29. The quantitative estimate of drug-likeness (QED) is 0.348. The van der Waals surface area contributed by atoms with Gasteiger partial charge in [0, 0.05) is 11.6 Å². The lowest BCUT2D eigenvalue weighted by Crippen LogP contribution is -2.41. The number of aryl methyl sites for hydroxylation is 2. The number of hydrogen-bond donors (Lipinski definition) is 1. The van der Waals surface area contributed by atoms with E-state index < -0.39 is 27.4 Å². The van der Waals surface area contributed by atoms with Gasteiger partial charge in [-0.25, -0.2) is 8.42 Å². The van der Waals surface area contributed by atoms with Gasteiger partial charge in [0.25, 0.3) is 15.7 Å². The summed E-state index contributed by atoms with van der Waals surface area (Å²) in [6.07, 6.45) is 0. The standard InChI is InChI=1S/C25H27N3O6S/c1-17-5-8-20(9-6-17)19(3)26-25(29)16-27(21-10-12-22(34-4)13-11-21)35(32,33)23-14-7-18(2)24(15-23)28(30)31/h5-15,19H,16H2,1-4H3,(H,26,29)/t19-/m1/s1. The van der Waals surface area contributed by atoms with Crippen LogP contribution in [0.15, 0.2) is 71.6 Å². The molecule has 0 aliphatic carbocycles. The Kier molecular flexibility index (Phi) is 7.75. The van der Waals surface area contributed by atoms with Crippen molar-refractivity contribution in [3.63, 3.8) is 0 Å². The van der Waals surface area contributed by atoms with Crippen molar-refractivity contribution >= 4 is 27.3 Å². The molecule has 184 valence electrons. The van der Waals surface area contributed by atoms with Crippen LogP contribution in [0, 0.1) is 24.0 Å². The molecule has 35 heavy (non-hydrogen) atoms. The maximum Gasteiger partial charge on any atom is 0.273 e. The van der Waals surface area contributed by atoms with Gasteiger partial charge in [-0.15, -0.1) is 0 Å². The number of nitro groups is 1. The molecule has 0 aromatic heterocycles. The Bertz CT molecular complexity index is 1320. The molecule has 0 aliphatic rings. The number of nitrogens with zero attached hydrogens (tertiary/aromatic N) is 2. The third kappa shape index (κ3) is 5.96. The maximum atomic E-state index is 13.6. The highest BCUT2D eigenvalue weighted by atomic mass is 32.2. The number of hydrogen-bond acceptors (Lipinski definition) is 6. The first-order valence-electron chi connectivity index (χ1n) is 10.8. The van der Waals surface area contributed by atoms with E-state index in [4.69, 9.17) is 4.74 Å². The van der Waals surface area contributed by atoms with Crippen molar-refractivity contribution in [1.82, 2.24) is 5.32 Å². The number of nitrogens with one attached hydrogen (secondary N) is 1. The second-order valence-electron chi connectivity index (χ2n) is 8.11. The molecule has 1 amide bonds. The summed E-state index contributed by atoms with van der Waals surface area (Å²) in [7, 11) is -2.84. The molecule has 0 unspecified atom stereocenters. The van der Waals surface area contributed by atoms with Gasteiger partial charge in [0.05, 0.1) is 28.7 Å². The van der Waals surface area contributed by atoms with Gasteiger partial charge in [0.15, 0.2) is 0 Å². The first-order valence-corrected chi connectivity index (χ1v) is 12.2. The van der Waals surface area contributed by atoms with E-state index in [1.807, 2.05) is 31.2 Å². The number of amides is 1. The van der Waals surface area contributed by atoms with Crippen molar-refractivity contribution in [2.75, 3.05) is 18.0 Å². The van der Waals surface area contributed by atoms with Crippen molar-refractivity contribution in [3.05, 3.63) is 93.5 Å². The van der Waals surface area contributed by atoms with Gasteiger partial charge in [-0.05, 0) is 56.7 Å². The van der Waals surface area contributed by atoms with Gasteiger partial charge in [-0.1, -0.05) is 35.9 Å². The van der Waals surface area contributed by atoms with Crippen LogP contribution in [0.25, 0.3) is 0 Å². The maximum absolute atomic E-state index is 13.6. The van der Waals surface area contributed by atoms with Crippen LogP contribution in [0.1, 0.15) is 29.7 Å². The zero-order chi connectivity index (χ0) is 25.8. The average Bonchev–Trinajstić information content (AvgIpc) is 2.83. The lowest BCUT2D eigenvalue weighted by atomic mass is 10.1. The van der Waals surface area contributed by atoms with Crippen molar-refractivity contribution < 1.29 is 22.9 Å². The van der Waals surface area contributed by atoms with Crippen LogP contribution < -0.4 is 14.4 Å². The van der Waals surface area contributed by atoms with E-state index in [-0.39, 0.29) is 22.3 Å². The van der Waals surface area contributed by atoms with E-state index in [1.54, 1.807) is 19.1 Å². The Balaban J connectivity index is 1.96. The lowest BCUT2D eigenvalue weighted by Gasteiger charge is -2.25. The number of benzene rings is 3. The van der Waals surface area contributed by atoms with Crippen LogP contribution in [0.4, 0.5) is 11.4 Å². The third-order valence-electron chi connectivity index (χ3n) is 5.57. The number of sulfonamides is 1. The summed E-state index contributed by atoms with van der Waals surface area (Å²) in [5.74, 6) is -0.0198. The molecule has 9 nitrogen and oxygen atoms in total. The molecule has 10 heteroatoms. The van der Waals surface area contributed by atoms with Crippen LogP contribution in [0.3, 0.4) is 0 Å². The molecule has 0 saturated carbocycles. The molecule has 1 N–H and O–H groups in total. The van der Waals surface area contributed by atoms with E-state index >= 15 is 0 Å². The predicted molar refractivity (Wildman–Crippen MR) is 133 cm³/mol. The summed E-state index contributed by atoms with van der Waals surface area (Å²) in [4.78, 5) is 23.4. The summed E-state index contributed by atoms with van der Waals surface area (Å²) in [5.41, 5.74) is 2.17. The predicted octanol–water partition coefficient (Wildman–Crippen LogP) is 4.29. The number of methoxy groups -OCH3 is 1. The minimum atomic E-state index is -4.32. The van der Waals surface area contributed by atoms with E-state index in [0.29, 0.717) is 11.3 Å². The Morgan fingerprint density at radius 3 is 2.26 bits per heavy atom. The minimum Gasteiger partial charge on any atom is -0.497 e. The molecule has 3 aromatic rings. The first-order chi connectivity index (χ1) is 16.5. The smallest absolute Gasteiger partial charge is 0.273 e. The lowest BCUT2D eigenvalue weighted by molar-refractivity contribution is -0.385. The summed E-state index contributed by atoms with van der Waals surface area (Å²) >= 11 is 0. The fourth-order valence-electron chi connectivity index (χ4n) is 3.49. The van der Waals surface area contributed by atoms with Crippen LogP contribution in [0.2, 0.25) is 0 Å². The summed E-state index contributed by atoms with van der Waals surface area (Å²) in [5, 5.41) is 14.2. The molecule has 3 rings (SSSR count). The number of carbonyl (C=O) groups is 1. The topological polar surface area (TPSA) is 119 Å². The third-order valence-corrected chi connectivity index (χ3v) is 7.34. The highest BCUT2D eigenvalue weighted by Crippen LogP contribution is 2.29. The van der Waals surface area contributed by atoms with E-state index in [2.05, 4.69) is 5.32 Å². The Morgan fingerprint density at radius 1 is 1.06 bits per heavy atom. The number of anilines is 1. The Morgan fingerprint density at radius 2 is 1.69 bits per heavy atom. The zero-order valence-corrected chi connectivity index (χ0v) is 20.7. The molecule has 0 radical (unpaired) electrons. The van der Waals surface area contributed by atoms with Gasteiger partial charge < -0.3 is 10.1 Å². The van der Waals surface area contributed by atoms with Crippen molar-refractivity contribution in [2.24, 2.45) is 0 Å². The fourth-order valence-corrected chi connectivity index (χ4v) is 4.93. The van der Waals surface area contributed by atoms with Crippen molar-refractivity contribution in [1.29, 1.82) is 0 Å². The van der Waals surface area contributed by atoms with Crippen LogP contribution in [-0.2, 0) is 14.8 Å². The van der Waals surface area contributed by atoms with Gasteiger partial charge in [0.2, 0.25) is 5.91 Å². The summed E-state index contributed by atoms with van der Waals surface area (Å²) in [6.45, 7) is 4.76. The number of ether oxygens (including phenoxy) is 1. The monoisotopic (exact) mass is 497 g/mol. The van der Waals surface area contributed by atoms with E-state index in [0.717, 1.165) is 21.5 Å². The molecular formula is C25H27N3O6S. The van der Waals surface area contributed by atoms with E-state index in [1.165, 1.54) is 38.3 Å². The fraction of sp³-hybridized carbons (Fsp3) is 0.240. The Labute approximate surface area is 204 Å². The number of nitro benzene ring substituents is 1. The molecule has 0 bridgehead atoms. The molecule has 0 saturated heterocycles. The van der Waals surface area contributed by atoms with Gasteiger partial charge in [-0.3, -0.25) is 19.2 Å². The number of carbonyl (C=O) groups excluding carboxylic acids is 1. The van der Waals surface area contributed by atoms with Crippen molar-refractivity contribution in [3.8, 4) is 5.75 Å². The molecule has 0 spiro atoms. The van der Waals surface area contributed by atoms with Crippen LogP contribution in [0.5, 0.6) is 5.75 Å². The normalized spacial score (nSPS) is 12.0. The molecular weight excluding hydrogens is 470 g/mol. The van der Waals surface area contributed by atoms with Gasteiger partial charge >= 0.3 is 0 Å². The van der Waals surface area contributed by atoms with Gasteiger partial charge in [-0.2, -0.15) is 0 Å². The minimum absolute atomic E-state index is 0.215. The molecule has 3 aromatic carbocycles. The van der Waals surface area contributed by atoms with E-state index in [9.17, 15) is 23.3 Å². The Hall–Kier alpha value is -3.92. The highest BCUT2D eigenvalue weighted by molar-refractivity contribution is 7.92. The number of rotatable bonds is 9. The average molecular weight is 498 g/mol. The molecule has 0 aliphatic heterocycles. The molecule has 0 heterocycles. The second kappa shape index (κ2) is 10.6. The summed E-state index contributed by atoms with van der Waals surface area (Å²) in [6, 6.07) is 17.1. The van der Waals surface area contributed by atoms with Crippen LogP contribution in [-0.4, -0.2) is 32.9 Å². The summed E-state index contributed by atoms with van der Waals surface area (Å²) < 4.78 is 33.3.